The summed E-state index contributed by atoms with van der Waals surface area (Å²) in [5, 5.41) is 141. The summed E-state index contributed by atoms with van der Waals surface area (Å²) in [5.74, 6) is -9.89. The van der Waals surface area contributed by atoms with E-state index >= 15 is 0 Å². The van der Waals surface area contributed by atoms with Gasteiger partial charge in [-0.25, -0.2) is 0 Å². The van der Waals surface area contributed by atoms with Gasteiger partial charge in [-0.15, -0.1) is 0 Å². The summed E-state index contributed by atoms with van der Waals surface area (Å²) in [6, 6.07) is 0. The number of carbonyl (C=O) groups excluding carboxylic acids is 6. The zero-order valence-corrected chi connectivity index (χ0v) is 67.4. The van der Waals surface area contributed by atoms with Crippen LogP contribution in [0.2, 0.25) is 0 Å². The first-order valence-electron chi connectivity index (χ1n) is 40.7. The van der Waals surface area contributed by atoms with E-state index in [-0.39, 0.29) is 19.3 Å². The Morgan fingerprint density at radius 3 is 1.49 bits per heavy atom. The molecule has 0 spiro atoms. The Morgan fingerprint density at radius 1 is 0.416 bits per heavy atom. The van der Waals surface area contributed by atoms with Crippen LogP contribution in [0.15, 0.2) is 0 Å². The zero-order chi connectivity index (χ0) is 83.4. The van der Waals surface area contributed by atoms with Crippen molar-refractivity contribution in [1.82, 2.24) is 0 Å². The van der Waals surface area contributed by atoms with E-state index in [0.717, 1.165) is 32.1 Å². The lowest BCUT2D eigenvalue weighted by atomic mass is 9.94. The van der Waals surface area contributed by atoms with E-state index in [4.69, 9.17) is 85.3 Å². The number of esters is 6. The molecule has 0 aromatic carbocycles. The molecule has 0 aromatic heterocycles. The van der Waals surface area contributed by atoms with Crippen LogP contribution < -0.4 is 0 Å². The van der Waals surface area contributed by atoms with Gasteiger partial charge in [-0.3, -0.25) is 28.8 Å². The number of hydrogen-bond acceptors (Lipinski definition) is 36. The van der Waals surface area contributed by atoms with Crippen molar-refractivity contribution in [2.24, 2.45) is 29.6 Å². The van der Waals surface area contributed by atoms with Crippen molar-refractivity contribution < 1.29 is 175 Å². The number of rotatable bonds is 26. The fourth-order valence-corrected chi connectivity index (χ4v) is 14.0. The minimum Gasteiger partial charge on any atom is -0.456 e. The Bertz CT molecular complexity index is 2880. The van der Waals surface area contributed by atoms with Gasteiger partial charge in [0.05, 0.1) is 80.4 Å². The number of unbranched alkanes of at least 4 members (excludes halogenated alkanes) is 2. The Hall–Kier alpha value is -4.14. The van der Waals surface area contributed by atoms with Crippen LogP contribution in [-0.2, 0) is 114 Å². The molecule has 0 amide bonds. The average molecular weight is 1630 g/mol. The van der Waals surface area contributed by atoms with Crippen molar-refractivity contribution >= 4 is 35.8 Å². The van der Waals surface area contributed by atoms with Gasteiger partial charge in [-0.05, 0) is 72.6 Å². The summed E-state index contributed by atoms with van der Waals surface area (Å²) < 4.78 is 114. The maximum atomic E-state index is 14.6. The second-order valence-corrected chi connectivity index (χ2v) is 31.3. The maximum Gasteiger partial charge on any atom is 0.311 e. The third-order valence-electron chi connectivity index (χ3n) is 22.7. The third kappa shape index (κ3) is 25.0. The summed E-state index contributed by atoms with van der Waals surface area (Å²) >= 11 is 0. The summed E-state index contributed by atoms with van der Waals surface area (Å²) in [6.07, 6.45) is -51.2. The molecule has 0 radical (unpaired) electrons. The maximum absolute atomic E-state index is 14.6. The molecule has 0 aliphatic carbocycles. The van der Waals surface area contributed by atoms with E-state index in [1.54, 1.807) is 48.5 Å². The first kappa shape index (κ1) is 96.0. The largest absolute Gasteiger partial charge is 0.456 e. The normalized spacial score (nSPS) is 40.5. The molecular formula is C77H130O36. The zero-order valence-electron chi connectivity index (χ0n) is 67.4. The fourth-order valence-electron chi connectivity index (χ4n) is 14.0. The number of hydrogen-bond donors (Lipinski definition) is 12. The van der Waals surface area contributed by atoms with Gasteiger partial charge in [-0.1, -0.05) is 120 Å². The van der Waals surface area contributed by atoms with Crippen LogP contribution in [0.25, 0.3) is 0 Å². The molecule has 0 aromatic rings. The predicted molar refractivity (Wildman–Crippen MR) is 387 cm³/mol. The van der Waals surface area contributed by atoms with Gasteiger partial charge in [-0.2, -0.15) is 0 Å². The highest BCUT2D eigenvalue weighted by Gasteiger charge is 2.61. The second kappa shape index (κ2) is 45.9. The molecule has 7 aliphatic rings. The highest BCUT2D eigenvalue weighted by atomic mass is 16.8. The molecule has 37 atom stereocenters. The van der Waals surface area contributed by atoms with Crippen LogP contribution in [0, 0.1) is 29.6 Å². The fraction of sp³-hybridized carbons (Fsp3) is 0.922. The van der Waals surface area contributed by atoms with Gasteiger partial charge in [0.1, 0.15) is 97.7 Å². The molecule has 7 rings (SSSR count). The van der Waals surface area contributed by atoms with Crippen molar-refractivity contribution in [2.75, 3.05) is 26.4 Å². The van der Waals surface area contributed by atoms with Crippen LogP contribution in [0.5, 0.6) is 0 Å². The molecule has 113 heavy (non-hydrogen) atoms. The minimum atomic E-state index is -2.40. The van der Waals surface area contributed by atoms with E-state index in [0.29, 0.717) is 57.8 Å². The monoisotopic (exact) mass is 1630 g/mol. The summed E-state index contributed by atoms with van der Waals surface area (Å²) in [5.41, 5.74) is 0. The van der Waals surface area contributed by atoms with Crippen LogP contribution in [-0.4, -0.2) is 320 Å². The molecule has 7 aliphatic heterocycles. The number of aliphatic hydroxyl groups excluding tert-OH is 12. The molecule has 12 N–H and O–H groups in total. The average Bonchev–Trinajstić information content (AvgIpc) is 0.761. The van der Waals surface area contributed by atoms with E-state index in [2.05, 4.69) is 0 Å². The van der Waals surface area contributed by atoms with Crippen molar-refractivity contribution in [3.8, 4) is 0 Å². The molecule has 654 valence electrons. The lowest BCUT2D eigenvalue weighted by Crippen LogP contribution is -2.69. The Balaban J connectivity index is 1.42. The molecule has 36 heteroatoms. The van der Waals surface area contributed by atoms with Crippen LogP contribution in [0.4, 0.5) is 0 Å². The Kier molecular flexibility index (Phi) is 39.0. The van der Waals surface area contributed by atoms with Crippen LogP contribution in [0.1, 0.15) is 199 Å². The van der Waals surface area contributed by atoms with Crippen molar-refractivity contribution in [3.05, 3.63) is 0 Å². The topological polar surface area (TPSA) is 511 Å². The number of fused-ring (bicyclic) bond motifs is 6. The van der Waals surface area contributed by atoms with Crippen LogP contribution >= 0.6 is 0 Å². The van der Waals surface area contributed by atoms with Gasteiger partial charge in [0.2, 0.25) is 0 Å². The molecule has 0 saturated carbocycles. The number of carbonyl (C=O) groups is 6. The van der Waals surface area contributed by atoms with Crippen LogP contribution in [0.3, 0.4) is 0 Å². The number of aliphatic hydroxyl groups is 12. The number of ether oxygens (including phenoxy) is 18. The molecule has 36 nitrogen and oxygen atoms in total. The first-order chi connectivity index (χ1) is 53.7. The van der Waals surface area contributed by atoms with Gasteiger partial charge in [0.25, 0.3) is 0 Å². The minimum absolute atomic E-state index is 0.137. The predicted octanol–water partition coefficient (Wildman–Crippen LogP) is 0.959. The molecular weight excluding hydrogens is 1500 g/mol. The lowest BCUT2D eigenvalue weighted by molar-refractivity contribution is -0.414. The molecule has 7 fully saturated rings. The highest BCUT2D eigenvalue weighted by Crippen LogP contribution is 2.41. The van der Waals surface area contributed by atoms with Gasteiger partial charge < -0.3 is 147 Å². The van der Waals surface area contributed by atoms with Gasteiger partial charge >= 0.3 is 35.8 Å². The molecule has 7 heterocycles. The van der Waals surface area contributed by atoms with Crippen molar-refractivity contribution in [2.45, 2.75) is 396 Å². The van der Waals surface area contributed by atoms with E-state index < -0.39 is 288 Å². The molecule has 0 unspecified atom stereocenters. The van der Waals surface area contributed by atoms with Crippen molar-refractivity contribution in [1.29, 1.82) is 0 Å². The summed E-state index contributed by atoms with van der Waals surface area (Å²) in [7, 11) is 0. The van der Waals surface area contributed by atoms with Crippen molar-refractivity contribution in [3.63, 3.8) is 0 Å². The third-order valence-corrected chi connectivity index (χ3v) is 22.7. The molecule has 4 bridgehead atoms. The SMILES string of the molecule is CCCCC[C@@H]1CCCCCCCCCC(=O)O[C@H]2[C@H](OC[C@H]3O[C@@H](O[C@H]4[C@H](O)[C@@H](CO)O[C@@H](O[C@H]5[C@H](O1)O[C@H](C)[C@@H](O)[C@@H]5O)[C@@H]4O[C@@H]1O[C@@H](C)[C@H](OC(=O)[C@@H](C)CC)[C@@H](O[C@@H]4O[C@H](CO)[C@@H](OC(=O)[C@@H](C)CC)[C@H](O)[C@H]4O)[C@H]1OC(=O)[C@@H](C)CC)[C@H](O)[C@@H](O)[C@@H]3OC(=O)[C@@H](C)[C@H](C)O)O[C@H](CO)[C@@H](OC(=O)[C@@H](C)CC)[C@@H]2O. The first-order valence-corrected chi connectivity index (χ1v) is 40.7. The standard InChI is InChI=1S/C77H130O36/c1-14-19-25-28-43-29-26-23-21-20-22-24-27-30-48(82)104-63-56(90)59(107-69(93)37(8)17-4)46(33-80)102-74(63)96-34-47-60(108-71(95)39(10)40(11)81)53(87)55(89)73(103-47)110-61-50(84)44(31-78)100-77(111-62-51(85)49(83)41(12)97-75(62)99-43)65(61)113-76-66(109-70(94)38(9)18-5)64(57(42(13)98-76)105-67(91)35(6)15-2)112-72-54(88)52(86)58(45(32-79)101-72)106-68(92)36(7)16-3/h35-47,49-66,72-81,83-90H,14-34H2,1-13H3/t35-,36-,37-,38-,39-,40-,41+,42-,43+,44+,45+,46+,47+,49+,50+,51-,52+,53+,54+,55+,56-,57-,58+,59+,60+,61-,62+,63+,64+,65+,66+,72-,73-,74+,75-,76-,77-/m0/s1. The second-order valence-electron chi connectivity index (χ2n) is 31.3. The van der Waals surface area contributed by atoms with Gasteiger partial charge in [0, 0.05) is 6.42 Å². The van der Waals surface area contributed by atoms with E-state index in [9.17, 15) is 90.0 Å². The highest BCUT2D eigenvalue weighted by molar-refractivity contribution is 5.74. The van der Waals surface area contributed by atoms with E-state index in [1.807, 2.05) is 6.92 Å². The Labute approximate surface area is 660 Å². The Morgan fingerprint density at radius 2 is 0.920 bits per heavy atom. The summed E-state index contributed by atoms with van der Waals surface area (Å²) in [4.78, 5) is 83.2. The van der Waals surface area contributed by atoms with Gasteiger partial charge in [0.15, 0.2) is 74.4 Å². The smallest absolute Gasteiger partial charge is 0.311 e. The quantitative estimate of drug-likeness (QED) is 0.0326. The van der Waals surface area contributed by atoms with E-state index in [1.165, 1.54) is 34.6 Å². The lowest BCUT2D eigenvalue weighted by Gasteiger charge is -2.52. The molecule has 7 saturated heterocycles. The summed E-state index contributed by atoms with van der Waals surface area (Å²) in [6.45, 7) is 16.5.